The highest BCUT2D eigenvalue weighted by Crippen LogP contribution is 2.26. The van der Waals surface area contributed by atoms with Crippen LogP contribution in [0.15, 0.2) is 36.5 Å². The maximum Gasteiger partial charge on any atom is 0.249 e. The first-order valence-electron chi connectivity index (χ1n) is 9.04. The molecule has 1 heterocycles. The number of nitrogens with zero attached hydrogens (tertiary/aromatic N) is 1. The summed E-state index contributed by atoms with van der Waals surface area (Å²) in [6, 6.07) is 10.2. The van der Waals surface area contributed by atoms with E-state index in [0.717, 1.165) is 42.3 Å². The number of carbonyl (C=O) groups excluding carboxylic acids is 1. The average Bonchev–Trinajstić information content (AvgIpc) is 2.64. The molecule has 5 heteroatoms. The Labute approximate surface area is 148 Å². The van der Waals surface area contributed by atoms with E-state index in [0.29, 0.717) is 6.42 Å². The lowest BCUT2D eigenvalue weighted by atomic mass is 9.92. The molecule has 0 saturated heterocycles. The van der Waals surface area contributed by atoms with E-state index in [2.05, 4.69) is 10.3 Å². The number of nitrogens with one attached hydrogen (secondary N) is 1. The second-order valence-electron chi connectivity index (χ2n) is 6.59. The van der Waals surface area contributed by atoms with Gasteiger partial charge in [0.1, 0.15) is 11.9 Å². The van der Waals surface area contributed by atoms with Gasteiger partial charge in [0.25, 0.3) is 0 Å². The zero-order valence-corrected chi connectivity index (χ0v) is 14.9. The van der Waals surface area contributed by atoms with Gasteiger partial charge >= 0.3 is 0 Å². The summed E-state index contributed by atoms with van der Waals surface area (Å²) in [6.45, 7) is 1.96. The quantitative estimate of drug-likeness (QED) is 0.873. The van der Waals surface area contributed by atoms with Crippen molar-refractivity contribution < 1.29 is 14.3 Å². The van der Waals surface area contributed by atoms with Crippen LogP contribution in [0.5, 0.6) is 5.75 Å². The molecule has 1 N–H and O–H groups in total. The molecule has 1 unspecified atom stereocenters. The Balaban J connectivity index is 1.51. The molecule has 1 aromatic carbocycles. The van der Waals surface area contributed by atoms with Gasteiger partial charge in [0.05, 0.1) is 11.6 Å². The summed E-state index contributed by atoms with van der Waals surface area (Å²) < 4.78 is 11.3. The van der Waals surface area contributed by atoms with Crippen molar-refractivity contribution in [1.29, 1.82) is 0 Å². The highest BCUT2D eigenvalue weighted by Gasteiger charge is 2.25. The van der Waals surface area contributed by atoms with Crippen LogP contribution in [-0.2, 0) is 9.53 Å². The third kappa shape index (κ3) is 4.48. The molecule has 1 aromatic heterocycles. The van der Waals surface area contributed by atoms with Gasteiger partial charge in [0, 0.05) is 24.7 Å². The molecule has 25 heavy (non-hydrogen) atoms. The predicted molar refractivity (Wildman–Crippen MR) is 97.6 cm³/mol. The third-order valence-corrected chi connectivity index (χ3v) is 4.85. The Morgan fingerprint density at radius 3 is 2.80 bits per heavy atom. The lowest BCUT2D eigenvalue weighted by Gasteiger charge is -2.30. The summed E-state index contributed by atoms with van der Waals surface area (Å²) >= 11 is 0. The first-order valence-corrected chi connectivity index (χ1v) is 9.04. The molecule has 2 aromatic rings. The zero-order chi connectivity index (χ0) is 17.6. The lowest BCUT2D eigenvalue weighted by molar-refractivity contribution is -0.132. The standard InChI is InChI=1S/C20H26N2O3/c1-3-19(24-2)20(23)22-15-6-8-16(9-7-15)25-17-10-11-18-14(13-17)5-4-12-21-18/h4-5,10-13,15-16,19H,3,6-9H2,1-2H3,(H,22,23). The molecule has 1 aliphatic carbocycles. The van der Waals surface area contributed by atoms with Gasteiger partial charge in [0.2, 0.25) is 5.91 Å². The molecule has 1 fully saturated rings. The highest BCUT2D eigenvalue weighted by atomic mass is 16.5. The van der Waals surface area contributed by atoms with Crippen LogP contribution in [0.25, 0.3) is 10.9 Å². The molecule has 134 valence electrons. The largest absolute Gasteiger partial charge is 0.490 e. The molecule has 3 rings (SSSR count). The van der Waals surface area contributed by atoms with E-state index in [1.807, 2.05) is 37.3 Å². The molecule has 0 bridgehead atoms. The van der Waals surface area contributed by atoms with E-state index >= 15 is 0 Å². The van der Waals surface area contributed by atoms with Gasteiger partial charge in [0.15, 0.2) is 0 Å². The predicted octanol–water partition coefficient (Wildman–Crippen LogP) is 3.47. The average molecular weight is 342 g/mol. The number of pyridine rings is 1. The maximum atomic E-state index is 12.1. The number of hydrogen-bond donors (Lipinski definition) is 1. The van der Waals surface area contributed by atoms with Gasteiger partial charge < -0.3 is 14.8 Å². The number of amides is 1. The van der Waals surface area contributed by atoms with Crippen molar-refractivity contribution >= 4 is 16.8 Å². The van der Waals surface area contributed by atoms with Crippen LogP contribution in [0.2, 0.25) is 0 Å². The Morgan fingerprint density at radius 2 is 2.08 bits per heavy atom. The van der Waals surface area contributed by atoms with Crippen molar-refractivity contribution in [3.8, 4) is 5.75 Å². The summed E-state index contributed by atoms with van der Waals surface area (Å²) in [7, 11) is 1.58. The SMILES string of the molecule is CCC(OC)C(=O)NC1CCC(Oc2ccc3ncccc3c2)CC1. The minimum absolute atomic E-state index is 0.00334. The summed E-state index contributed by atoms with van der Waals surface area (Å²) in [5.74, 6) is 0.884. The molecule has 1 saturated carbocycles. The van der Waals surface area contributed by atoms with Crippen LogP contribution in [0, 0.1) is 0 Å². The van der Waals surface area contributed by atoms with Gasteiger partial charge in [-0.15, -0.1) is 0 Å². The second kappa shape index (κ2) is 8.30. The Hall–Kier alpha value is -2.14. The number of hydrogen-bond acceptors (Lipinski definition) is 4. The monoisotopic (exact) mass is 342 g/mol. The zero-order valence-electron chi connectivity index (χ0n) is 14.9. The summed E-state index contributed by atoms with van der Waals surface area (Å²) in [5.41, 5.74) is 0.977. The van der Waals surface area contributed by atoms with E-state index < -0.39 is 0 Å². The number of methoxy groups -OCH3 is 1. The highest BCUT2D eigenvalue weighted by molar-refractivity contribution is 5.81. The van der Waals surface area contributed by atoms with Crippen molar-refractivity contribution in [1.82, 2.24) is 10.3 Å². The molecule has 1 aliphatic rings. The Kier molecular flexibility index (Phi) is 5.87. The van der Waals surface area contributed by atoms with E-state index in [-0.39, 0.29) is 24.2 Å². The summed E-state index contributed by atoms with van der Waals surface area (Å²) in [6.07, 6.45) is 6.10. The molecular weight excluding hydrogens is 316 g/mol. The van der Waals surface area contributed by atoms with E-state index in [4.69, 9.17) is 9.47 Å². The number of aromatic nitrogens is 1. The van der Waals surface area contributed by atoms with E-state index in [9.17, 15) is 4.79 Å². The Bertz CT molecular complexity index is 707. The van der Waals surface area contributed by atoms with Crippen molar-refractivity contribution in [3.05, 3.63) is 36.5 Å². The fourth-order valence-corrected chi connectivity index (χ4v) is 3.40. The topological polar surface area (TPSA) is 60.5 Å². The van der Waals surface area contributed by atoms with Crippen molar-refractivity contribution in [3.63, 3.8) is 0 Å². The van der Waals surface area contributed by atoms with Crippen molar-refractivity contribution in [2.24, 2.45) is 0 Å². The van der Waals surface area contributed by atoms with Gasteiger partial charge in [-0.2, -0.15) is 0 Å². The van der Waals surface area contributed by atoms with Gasteiger partial charge in [-0.1, -0.05) is 13.0 Å². The minimum Gasteiger partial charge on any atom is -0.490 e. The second-order valence-corrected chi connectivity index (χ2v) is 6.59. The number of carbonyl (C=O) groups is 1. The van der Waals surface area contributed by atoms with Crippen molar-refractivity contribution in [2.45, 2.75) is 57.3 Å². The number of rotatable bonds is 6. The molecule has 0 spiro atoms. The fourth-order valence-electron chi connectivity index (χ4n) is 3.40. The molecule has 0 radical (unpaired) electrons. The Morgan fingerprint density at radius 1 is 1.28 bits per heavy atom. The maximum absolute atomic E-state index is 12.1. The first-order chi connectivity index (χ1) is 12.2. The summed E-state index contributed by atoms with van der Waals surface area (Å²) in [4.78, 5) is 16.4. The fraction of sp³-hybridized carbons (Fsp3) is 0.500. The number of ether oxygens (including phenoxy) is 2. The van der Waals surface area contributed by atoms with E-state index in [1.165, 1.54) is 0 Å². The van der Waals surface area contributed by atoms with Crippen LogP contribution in [0.3, 0.4) is 0 Å². The normalized spacial score (nSPS) is 21.7. The van der Waals surface area contributed by atoms with Crippen LogP contribution < -0.4 is 10.1 Å². The van der Waals surface area contributed by atoms with Gasteiger partial charge in [-0.3, -0.25) is 9.78 Å². The van der Waals surface area contributed by atoms with Gasteiger partial charge in [-0.25, -0.2) is 0 Å². The van der Waals surface area contributed by atoms with Crippen LogP contribution in [0.4, 0.5) is 0 Å². The molecule has 1 amide bonds. The first kappa shape index (κ1) is 17.7. The number of fused-ring (bicyclic) bond motifs is 1. The summed E-state index contributed by atoms with van der Waals surface area (Å²) in [5, 5.41) is 4.19. The number of benzene rings is 1. The van der Waals surface area contributed by atoms with E-state index in [1.54, 1.807) is 13.3 Å². The van der Waals surface area contributed by atoms with Gasteiger partial charge in [-0.05, 0) is 56.4 Å². The van der Waals surface area contributed by atoms with Crippen LogP contribution >= 0.6 is 0 Å². The molecular formula is C20H26N2O3. The van der Waals surface area contributed by atoms with Crippen LogP contribution in [0.1, 0.15) is 39.0 Å². The lowest BCUT2D eigenvalue weighted by Crippen LogP contribution is -2.44. The van der Waals surface area contributed by atoms with Crippen LogP contribution in [-0.4, -0.2) is 36.3 Å². The molecule has 0 aliphatic heterocycles. The minimum atomic E-state index is -0.347. The molecule has 5 nitrogen and oxygen atoms in total. The smallest absolute Gasteiger partial charge is 0.249 e. The van der Waals surface area contributed by atoms with Crippen molar-refractivity contribution in [2.75, 3.05) is 7.11 Å². The third-order valence-electron chi connectivity index (χ3n) is 4.85. The molecule has 1 atom stereocenters.